The highest BCUT2D eigenvalue weighted by atomic mass is 32.1. The third-order valence-electron chi connectivity index (χ3n) is 3.23. The van der Waals surface area contributed by atoms with E-state index < -0.39 is 0 Å². The van der Waals surface area contributed by atoms with E-state index >= 15 is 0 Å². The van der Waals surface area contributed by atoms with Crippen LogP contribution in [-0.4, -0.2) is 11.7 Å². The number of rotatable bonds is 6. The summed E-state index contributed by atoms with van der Waals surface area (Å²) in [5.41, 5.74) is 3.77. The molecule has 1 heterocycles. The molecule has 0 aliphatic heterocycles. The average molecular weight is 275 g/mol. The molecular weight excluding hydrogens is 254 g/mol. The second-order valence-corrected chi connectivity index (χ2v) is 5.81. The van der Waals surface area contributed by atoms with Crippen LogP contribution in [0.4, 0.5) is 5.69 Å². The number of anilines is 1. The van der Waals surface area contributed by atoms with Gasteiger partial charge >= 0.3 is 0 Å². The summed E-state index contributed by atoms with van der Waals surface area (Å²) in [7, 11) is 0. The molecule has 1 aromatic heterocycles. The van der Waals surface area contributed by atoms with Crippen LogP contribution in [0.5, 0.6) is 0 Å². The van der Waals surface area contributed by atoms with Crippen molar-refractivity contribution >= 4 is 17.0 Å². The van der Waals surface area contributed by atoms with Crippen LogP contribution in [0.1, 0.15) is 35.4 Å². The van der Waals surface area contributed by atoms with E-state index in [2.05, 4.69) is 54.9 Å². The fourth-order valence-electron chi connectivity index (χ4n) is 2.24. The predicted molar refractivity (Wildman–Crippen MR) is 82.9 cm³/mol. The lowest BCUT2D eigenvalue weighted by atomic mass is 10.1. The van der Waals surface area contributed by atoms with Gasteiger partial charge in [0.25, 0.3) is 0 Å². The third kappa shape index (κ3) is 3.82. The molecule has 0 bridgehead atoms. The summed E-state index contributed by atoms with van der Waals surface area (Å²) in [4.78, 5) is 1.39. The third-order valence-corrected chi connectivity index (χ3v) is 4.43. The number of aliphatic hydroxyl groups excluding tert-OH is 1. The first-order valence-corrected chi connectivity index (χ1v) is 7.59. The molecule has 1 unspecified atom stereocenters. The van der Waals surface area contributed by atoms with E-state index in [9.17, 15) is 0 Å². The highest BCUT2D eigenvalue weighted by Gasteiger charge is 2.09. The zero-order valence-electron chi connectivity index (χ0n) is 11.5. The molecule has 0 spiro atoms. The number of aliphatic hydroxyl groups is 1. The number of aryl methyl sites for hydroxylation is 2. The van der Waals surface area contributed by atoms with Crippen LogP contribution < -0.4 is 5.32 Å². The molecule has 1 aromatic carbocycles. The second-order valence-electron chi connectivity index (χ2n) is 4.86. The number of hydrogen-bond donors (Lipinski definition) is 2. The van der Waals surface area contributed by atoms with Crippen molar-refractivity contribution in [3.8, 4) is 0 Å². The van der Waals surface area contributed by atoms with Gasteiger partial charge in [0.2, 0.25) is 0 Å². The van der Waals surface area contributed by atoms with E-state index in [0.717, 1.165) is 18.5 Å². The fraction of sp³-hybridized carbons (Fsp3) is 0.375. The number of nitrogens with one attached hydrogen (secondary N) is 1. The Bertz CT molecular complexity index is 521. The summed E-state index contributed by atoms with van der Waals surface area (Å²) >= 11 is 1.80. The van der Waals surface area contributed by atoms with Gasteiger partial charge in [-0.2, -0.15) is 0 Å². The minimum absolute atomic E-state index is 0.252. The van der Waals surface area contributed by atoms with Gasteiger partial charge < -0.3 is 10.4 Å². The first kappa shape index (κ1) is 14.1. The van der Waals surface area contributed by atoms with E-state index in [-0.39, 0.29) is 6.61 Å². The van der Waals surface area contributed by atoms with Crippen LogP contribution in [0.25, 0.3) is 0 Å². The van der Waals surface area contributed by atoms with Crippen molar-refractivity contribution < 1.29 is 5.11 Å². The van der Waals surface area contributed by atoms with Crippen molar-refractivity contribution in [2.24, 2.45) is 0 Å². The van der Waals surface area contributed by atoms with Gasteiger partial charge in [-0.3, -0.25) is 0 Å². The van der Waals surface area contributed by atoms with Crippen molar-refractivity contribution in [2.75, 3.05) is 11.9 Å². The summed E-state index contributed by atoms with van der Waals surface area (Å²) in [5, 5.41) is 14.6. The lowest BCUT2D eigenvalue weighted by Gasteiger charge is -2.15. The maximum absolute atomic E-state index is 8.88. The van der Waals surface area contributed by atoms with Crippen LogP contribution in [0.2, 0.25) is 0 Å². The quantitative estimate of drug-likeness (QED) is 0.830. The summed E-state index contributed by atoms with van der Waals surface area (Å²) in [6.45, 7) is 4.60. The summed E-state index contributed by atoms with van der Waals surface area (Å²) < 4.78 is 0. The van der Waals surface area contributed by atoms with Crippen LogP contribution in [0, 0.1) is 6.92 Å². The van der Waals surface area contributed by atoms with Crippen LogP contribution in [-0.2, 0) is 6.42 Å². The molecule has 3 heteroatoms. The molecule has 0 fully saturated rings. The summed E-state index contributed by atoms with van der Waals surface area (Å²) in [6, 6.07) is 10.9. The van der Waals surface area contributed by atoms with Crippen molar-refractivity contribution in [3.63, 3.8) is 0 Å². The minimum atomic E-state index is 0.252. The summed E-state index contributed by atoms with van der Waals surface area (Å²) in [6.07, 6.45) is 1.75. The van der Waals surface area contributed by atoms with Crippen LogP contribution >= 0.6 is 11.3 Å². The van der Waals surface area contributed by atoms with E-state index in [1.807, 2.05) is 0 Å². The molecule has 102 valence electrons. The van der Waals surface area contributed by atoms with Gasteiger partial charge in [0.1, 0.15) is 0 Å². The van der Waals surface area contributed by atoms with Crippen molar-refractivity contribution in [1.29, 1.82) is 0 Å². The van der Waals surface area contributed by atoms with Gasteiger partial charge in [0, 0.05) is 17.2 Å². The predicted octanol–water partition coefficient (Wildman–Crippen LogP) is 4.15. The standard InChI is InChI=1S/C16H21NOS/c1-12-8-10-19-16(12)13(2)17-15-7-3-5-14(11-15)6-4-9-18/h3,5,7-8,10-11,13,17-18H,4,6,9H2,1-2H3. The molecule has 2 aromatic rings. The first-order chi connectivity index (χ1) is 9.20. The Labute approximate surface area is 119 Å². The van der Waals surface area contributed by atoms with E-state index in [1.165, 1.54) is 16.0 Å². The van der Waals surface area contributed by atoms with Gasteiger partial charge in [-0.15, -0.1) is 11.3 Å². The topological polar surface area (TPSA) is 32.3 Å². The molecule has 1 atom stereocenters. The molecule has 0 aliphatic carbocycles. The van der Waals surface area contributed by atoms with Gasteiger partial charge in [-0.25, -0.2) is 0 Å². The SMILES string of the molecule is Cc1ccsc1C(C)Nc1cccc(CCCO)c1. The molecule has 2 N–H and O–H groups in total. The molecule has 2 rings (SSSR count). The molecule has 2 nitrogen and oxygen atoms in total. The highest BCUT2D eigenvalue weighted by Crippen LogP contribution is 2.27. The molecular formula is C16H21NOS. The normalized spacial score (nSPS) is 12.4. The lowest BCUT2D eigenvalue weighted by Crippen LogP contribution is -2.06. The van der Waals surface area contributed by atoms with Gasteiger partial charge in [-0.05, 0) is 61.4 Å². The monoisotopic (exact) mass is 275 g/mol. The maximum Gasteiger partial charge on any atom is 0.0581 e. The molecule has 0 radical (unpaired) electrons. The molecule has 19 heavy (non-hydrogen) atoms. The van der Waals surface area contributed by atoms with E-state index in [4.69, 9.17) is 5.11 Å². The Balaban J connectivity index is 2.04. The number of benzene rings is 1. The van der Waals surface area contributed by atoms with E-state index in [1.54, 1.807) is 11.3 Å². The molecule has 0 saturated heterocycles. The van der Waals surface area contributed by atoms with Gasteiger partial charge in [-0.1, -0.05) is 12.1 Å². The van der Waals surface area contributed by atoms with Gasteiger partial charge in [0.05, 0.1) is 6.04 Å². The van der Waals surface area contributed by atoms with Crippen molar-refractivity contribution in [2.45, 2.75) is 32.7 Å². The highest BCUT2D eigenvalue weighted by molar-refractivity contribution is 7.10. The van der Waals surface area contributed by atoms with E-state index in [0.29, 0.717) is 6.04 Å². The Morgan fingerprint density at radius 2 is 2.16 bits per heavy atom. The Hall–Kier alpha value is -1.32. The van der Waals surface area contributed by atoms with Crippen LogP contribution in [0.3, 0.4) is 0 Å². The Kier molecular flexibility index (Phi) is 5.00. The zero-order valence-corrected chi connectivity index (χ0v) is 12.3. The Morgan fingerprint density at radius 1 is 1.32 bits per heavy atom. The maximum atomic E-state index is 8.88. The number of thiophene rings is 1. The molecule has 0 amide bonds. The van der Waals surface area contributed by atoms with Crippen molar-refractivity contribution in [3.05, 3.63) is 51.7 Å². The summed E-state index contributed by atoms with van der Waals surface area (Å²) in [5.74, 6) is 0. The average Bonchev–Trinajstić information content (AvgIpc) is 2.83. The smallest absolute Gasteiger partial charge is 0.0581 e. The minimum Gasteiger partial charge on any atom is -0.396 e. The molecule has 0 saturated carbocycles. The Morgan fingerprint density at radius 3 is 2.84 bits per heavy atom. The second kappa shape index (κ2) is 6.73. The lowest BCUT2D eigenvalue weighted by molar-refractivity contribution is 0.288. The number of hydrogen-bond acceptors (Lipinski definition) is 3. The zero-order chi connectivity index (χ0) is 13.7. The first-order valence-electron chi connectivity index (χ1n) is 6.71. The molecule has 0 aliphatic rings. The fourth-order valence-corrected chi connectivity index (χ4v) is 3.18. The van der Waals surface area contributed by atoms with Crippen molar-refractivity contribution in [1.82, 2.24) is 0 Å². The largest absolute Gasteiger partial charge is 0.396 e. The van der Waals surface area contributed by atoms with Crippen LogP contribution in [0.15, 0.2) is 35.7 Å². The van der Waals surface area contributed by atoms with Gasteiger partial charge in [0.15, 0.2) is 0 Å².